The number of aliphatic hydroxyl groups is 1. The summed E-state index contributed by atoms with van der Waals surface area (Å²) in [6.07, 6.45) is 9.26. The molecule has 36 heavy (non-hydrogen) atoms. The molecule has 2 fully saturated rings. The molecule has 1 saturated carbocycles. The van der Waals surface area contributed by atoms with Gasteiger partial charge in [0.25, 0.3) is 0 Å². The Morgan fingerprint density at radius 3 is 2.69 bits per heavy atom. The minimum absolute atomic E-state index is 0. The zero-order valence-electron chi connectivity index (χ0n) is 21.0. The average molecular weight is 560 g/mol. The molecule has 0 bridgehead atoms. The number of carbonyl (C=O) groups is 1. The van der Waals surface area contributed by atoms with Crippen molar-refractivity contribution in [3.8, 4) is 5.75 Å². The summed E-state index contributed by atoms with van der Waals surface area (Å²) in [6, 6.07) is 7.60. The number of methoxy groups -OCH3 is 1. The van der Waals surface area contributed by atoms with Crippen LogP contribution in [0.4, 0.5) is 0 Å². The van der Waals surface area contributed by atoms with Gasteiger partial charge in [-0.15, -0.1) is 24.8 Å². The number of hydrogen-bond acceptors (Lipinski definition) is 6. The Balaban J connectivity index is 0.00000228. The molecule has 9 heteroatoms. The van der Waals surface area contributed by atoms with Crippen LogP contribution in [-0.4, -0.2) is 63.8 Å². The molecule has 1 aromatic carbocycles. The largest absolute Gasteiger partial charge is 0.497 e. The summed E-state index contributed by atoms with van der Waals surface area (Å²) in [5.74, 6) is 1.64. The molecule has 2 heterocycles. The summed E-state index contributed by atoms with van der Waals surface area (Å²) < 4.78 is 5.36. The number of benzene rings is 1. The predicted octanol–water partition coefficient (Wildman–Crippen LogP) is 5.99. The number of fused-ring (bicyclic) bond motifs is 1. The Bertz CT molecular complexity index is 961. The van der Waals surface area contributed by atoms with E-state index in [1.165, 1.54) is 25.7 Å². The van der Waals surface area contributed by atoms with Gasteiger partial charge in [0.1, 0.15) is 5.75 Å². The number of piperidine rings is 1. The quantitative estimate of drug-likeness (QED) is 0.350. The monoisotopic (exact) mass is 558 g/mol. The predicted molar refractivity (Wildman–Crippen MR) is 152 cm³/mol. The maximum atomic E-state index is 11.6. The topological polar surface area (TPSA) is 82.9 Å². The molecule has 2 aliphatic rings. The lowest BCUT2D eigenvalue weighted by molar-refractivity contribution is -0.139. The van der Waals surface area contributed by atoms with Crippen LogP contribution in [0.5, 0.6) is 5.75 Å². The first-order valence-electron chi connectivity index (χ1n) is 12.7. The number of aromatic nitrogens is 1. The molecule has 4 rings (SSSR count). The van der Waals surface area contributed by atoms with Gasteiger partial charge >= 0.3 is 5.97 Å². The van der Waals surface area contributed by atoms with E-state index >= 15 is 0 Å². The van der Waals surface area contributed by atoms with Crippen LogP contribution in [0, 0.1) is 11.8 Å². The number of halogens is 2. The van der Waals surface area contributed by atoms with Gasteiger partial charge in [-0.05, 0) is 80.3 Å². The maximum absolute atomic E-state index is 11.6. The second kappa shape index (κ2) is 15.2. The van der Waals surface area contributed by atoms with E-state index in [1.54, 1.807) is 13.3 Å². The molecule has 2 aromatic rings. The first-order chi connectivity index (χ1) is 16.5. The Morgan fingerprint density at radius 1 is 1.19 bits per heavy atom. The highest BCUT2D eigenvalue weighted by Crippen LogP contribution is 2.35. The highest BCUT2D eigenvalue weighted by atomic mass is 35.5. The molecular weight excluding hydrogens is 519 g/mol. The minimum Gasteiger partial charge on any atom is -0.497 e. The number of ether oxygens (including phenoxy) is 1. The summed E-state index contributed by atoms with van der Waals surface area (Å²) in [5, 5.41) is 22.3. The number of likely N-dealkylation sites (tertiary alicyclic amines) is 1. The Morgan fingerprint density at radius 2 is 1.97 bits per heavy atom. The summed E-state index contributed by atoms with van der Waals surface area (Å²) in [6.45, 7) is 2.93. The molecule has 1 saturated heterocycles. The number of hydrogen-bond donors (Lipinski definition) is 2. The molecule has 2 N–H and O–H groups in total. The second-order valence-corrected chi connectivity index (χ2v) is 11.3. The van der Waals surface area contributed by atoms with E-state index in [9.17, 15) is 15.0 Å². The fourth-order valence-corrected chi connectivity index (χ4v) is 7.05. The van der Waals surface area contributed by atoms with Crippen molar-refractivity contribution in [1.29, 1.82) is 0 Å². The van der Waals surface area contributed by atoms with Gasteiger partial charge in [0.05, 0.1) is 18.7 Å². The van der Waals surface area contributed by atoms with Crippen molar-refractivity contribution in [3.05, 3.63) is 36.0 Å². The van der Waals surface area contributed by atoms with Gasteiger partial charge in [-0.1, -0.05) is 12.8 Å². The van der Waals surface area contributed by atoms with Crippen molar-refractivity contribution in [1.82, 2.24) is 9.88 Å². The van der Waals surface area contributed by atoms with E-state index in [0.717, 1.165) is 65.7 Å². The molecule has 0 spiro atoms. The van der Waals surface area contributed by atoms with Crippen LogP contribution in [0.15, 0.2) is 30.5 Å². The SMILES string of the molecule is COc1ccc2nccc([C@@H](O)CC[C@@H]3CCN(CCSC4CCCC4)C[C@@H]3CC(=O)O)c2c1.Cl.Cl. The lowest BCUT2D eigenvalue weighted by Crippen LogP contribution is -2.42. The summed E-state index contributed by atoms with van der Waals surface area (Å²) in [5.41, 5.74) is 1.70. The van der Waals surface area contributed by atoms with Gasteiger partial charge in [-0.25, -0.2) is 0 Å². The third-order valence-electron chi connectivity index (χ3n) is 7.63. The Labute approximate surface area is 231 Å². The van der Waals surface area contributed by atoms with Crippen LogP contribution in [0.1, 0.15) is 63.0 Å². The fourth-order valence-electron chi connectivity index (χ4n) is 5.69. The zero-order valence-corrected chi connectivity index (χ0v) is 23.5. The molecule has 0 amide bonds. The van der Waals surface area contributed by atoms with Crippen molar-refractivity contribution >= 4 is 53.4 Å². The van der Waals surface area contributed by atoms with Crippen molar-refractivity contribution in [2.75, 3.05) is 32.5 Å². The van der Waals surface area contributed by atoms with Crippen molar-refractivity contribution < 1.29 is 19.7 Å². The number of pyridine rings is 1. The molecule has 1 aliphatic heterocycles. The number of carboxylic acid groups (broad SMARTS) is 1. The molecule has 0 radical (unpaired) electrons. The van der Waals surface area contributed by atoms with E-state index in [-0.39, 0.29) is 37.2 Å². The Kier molecular flexibility index (Phi) is 13.1. The highest BCUT2D eigenvalue weighted by Gasteiger charge is 2.31. The first-order valence-corrected chi connectivity index (χ1v) is 13.7. The first kappa shape index (κ1) is 31.0. The fraction of sp³-hybridized carbons (Fsp3) is 0.630. The smallest absolute Gasteiger partial charge is 0.303 e. The molecule has 202 valence electrons. The lowest BCUT2D eigenvalue weighted by atomic mass is 9.79. The maximum Gasteiger partial charge on any atom is 0.303 e. The number of rotatable bonds is 11. The number of thioether (sulfide) groups is 1. The number of aliphatic carboxylic acids is 1. The molecule has 0 unspecified atom stereocenters. The van der Waals surface area contributed by atoms with E-state index in [4.69, 9.17) is 4.74 Å². The van der Waals surface area contributed by atoms with E-state index in [1.807, 2.05) is 24.3 Å². The zero-order chi connectivity index (χ0) is 23.9. The molecular formula is C27H40Cl2N2O4S. The van der Waals surface area contributed by atoms with Crippen LogP contribution >= 0.6 is 36.6 Å². The van der Waals surface area contributed by atoms with Crippen LogP contribution in [0.25, 0.3) is 10.9 Å². The minimum atomic E-state index is -0.718. The molecule has 3 atom stereocenters. The molecule has 1 aromatic heterocycles. The van der Waals surface area contributed by atoms with Gasteiger partial charge in [-0.2, -0.15) is 11.8 Å². The van der Waals surface area contributed by atoms with Crippen LogP contribution in [-0.2, 0) is 4.79 Å². The van der Waals surface area contributed by atoms with E-state index < -0.39 is 12.1 Å². The third-order valence-corrected chi connectivity index (χ3v) is 8.99. The van der Waals surface area contributed by atoms with Crippen molar-refractivity contribution in [2.24, 2.45) is 11.8 Å². The molecule has 6 nitrogen and oxygen atoms in total. The van der Waals surface area contributed by atoms with E-state index in [2.05, 4.69) is 21.6 Å². The third kappa shape index (κ3) is 8.38. The lowest BCUT2D eigenvalue weighted by Gasteiger charge is -2.38. The number of nitrogens with zero attached hydrogens (tertiary/aromatic N) is 2. The summed E-state index contributed by atoms with van der Waals surface area (Å²) in [4.78, 5) is 18.5. The Hall–Kier alpha value is -1.25. The average Bonchev–Trinajstić information content (AvgIpc) is 3.36. The van der Waals surface area contributed by atoms with Crippen molar-refractivity contribution in [3.63, 3.8) is 0 Å². The van der Waals surface area contributed by atoms with Gasteiger partial charge in [0.2, 0.25) is 0 Å². The van der Waals surface area contributed by atoms with E-state index in [0.29, 0.717) is 12.3 Å². The van der Waals surface area contributed by atoms with Gasteiger partial charge in [-0.3, -0.25) is 9.78 Å². The summed E-state index contributed by atoms with van der Waals surface area (Å²) in [7, 11) is 1.63. The van der Waals surface area contributed by atoms with Crippen molar-refractivity contribution in [2.45, 2.75) is 62.7 Å². The molecule has 1 aliphatic carbocycles. The van der Waals surface area contributed by atoms with Gasteiger partial charge < -0.3 is 19.8 Å². The van der Waals surface area contributed by atoms with Gasteiger partial charge in [0, 0.05) is 42.1 Å². The normalized spacial score (nSPS) is 21.5. The standard InChI is InChI=1S/C27H38N2O4S.2ClH/c1-33-21-7-8-25-24(17-21)23(10-12-28-25)26(30)9-6-19-11-13-29(18-20(19)16-27(31)32)14-15-34-22-4-2-3-5-22;;/h7-8,10,12,17,19-20,22,26,30H,2-6,9,11,13-16,18H2,1H3,(H,31,32);2*1H/t19-,20+,26+;;/m1../s1. The van der Waals surface area contributed by atoms with Crippen LogP contribution < -0.4 is 4.74 Å². The second-order valence-electron chi connectivity index (χ2n) is 9.86. The summed E-state index contributed by atoms with van der Waals surface area (Å²) >= 11 is 2.10. The van der Waals surface area contributed by atoms with Crippen LogP contribution in [0.2, 0.25) is 0 Å². The number of aliphatic hydroxyl groups excluding tert-OH is 1. The van der Waals surface area contributed by atoms with Crippen LogP contribution in [0.3, 0.4) is 0 Å². The number of carboxylic acids is 1. The highest BCUT2D eigenvalue weighted by molar-refractivity contribution is 7.99. The van der Waals surface area contributed by atoms with Gasteiger partial charge in [0.15, 0.2) is 0 Å².